The lowest BCUT2D eigenvalue weighted by Crippen LogP contribution is -2.47. The number of benzene rings is 1. The Balaban J connectivity index is 2.29. The van der Waals surface area contributed by atoms with Gasteiger partial charge in [-0.05, 0) is 38.0 Å². The summed E-state index contributed by atoms with van der Waals surface area (Å²) in [7, 11) is 0. The van der Waals surface area contributed by atoms with Crippen molar-refractivity contribution in [2.24, 2.45) is 0 Å². The summed E-state index contributed by atoms with van der Waals surface area (Å²) in [6.45, 7) is 11.3. The maximum absolute atomic E-state index is 12.3. The van der Waals surface area contributed by atoms with Gasteiger partial charge in [0.05, 0.1) is 0 Å². The second-order valence-corrected chi connectivity index (χ2v) is 7.85. The molecule has 0 aliphatic carbocycles. The highest BCUT2D eigenvalue weighted by atomic mass is 79.9. The van der Waals surface area contributed by atoms with Gasteiger partial charge in [-0.15, -0.1) is 0 Å². The van der Waals surface area contributed by atoms with Crippen molar-refractivity contribution in [3.05, 3.63) is 33.8 Å². The van der Waals surface area contributed by atoms with E-state index in [0.29, 0.717) is 13.1 Å². The van der Waals surface area contributed by atoms with Gasteiger partial charge in [0.15, 0.2) is 0 Å². The van der Waals surface area contributed by atoms with Crippen LogP contribution in [0.15, 0.2) is 22.7 Å². The van der Waals surface area contributed by atoms with E-state index in [1.165, 1.54) is 11.1 Å². The number of carbonyl (C=O) groups is 1. The second-order valence-electron chi connectivity index (χ2n) is 6.99. The SMILES string of the molecule is CC(C)(C)OC(=O)N1Cc2cccc(Br)c2C(C)(C)C1. The average molecular weight is 340 g/mol. The van der Waals surface area contributed by atoms with Gasteiger partial charge < -0.3 is 9.64 Å². The predicted molar refractivity (Wildman–Crippen MR) is 83.8 cm³/mol. The van der Waals surface area contributed by atoms with Crippen LogP contribution in [0.1, 0.15) is 45.7 Å². The molecule has 2 rings (SSSR count). The summed E-state index contributed by atoms with van der Waals surface area (Å²) in [5, 5.41) is 0. The molecule has 0 spiro atoms. The van der Waals surface area contributed by atoms with Crippen LogP contribution in [0.25, 0.3) is 0 Å². The topological polar surface area (TPSA) is 29.5 Å². The molecule has 110 valence electrons. The molecule has 0 atom stereocenters. The minimum absolute atomic E-state index is 0.0927. The Hall–Kier alpha value is -1.03. The first-order valence-corrected chi connectivity index (χ1v) is 7.65. The predicted octanol–water partition coefficient (Wildman–Crippen LogP) is 4.48. The van der Waals surface area contributed by atoms with Crippen molar-refractivity contribution in [1.82, 2.24) is 4.90 Å². The zero-order valence-electron chi connectivity index (χ0n) is 12.8. The number of halogens is 1. The largest absolute Gasteiger partial charge is 0.444 e. The molecule has 1 aromatic rings. The number of rotatable bonds is 0. The smallest absolute Gasteiger partial charge is 0.410 e. The molecule has 0 aromatic heterocycles. The monoisotopic (exact) mass is 339 g/mol. The van der Waals surface area contributed by atoms with Gasteiger partial charge >= 0.3 is 6.09 Å². The van der Waals surface area contributed by atoms with Gasteiger partial charge in [-0.2, -0.15) is 0 Å². The van der Waals surface area contributed by atoms with E-state index in [9.17, 15) is 4.79 Å². The first-order chi connectivity index (χ1) is 9.10. The van der Waals surface area contributed by atoms with Gasteiger partial charge in [-0.3, -0.25) is 0 Å². The van der Waals surface area contributed by atoms with Crippen LogP contribution in [-0.4, -0.2) is 23.1 Å². The fraction of sp³-hybridized carbons (Fsp3) is 0.562. The lowest BCUT2D eigenvalue weighted by atomic mass is 9.78. The maximum atomic E-state index is 12.3. The van der Waals surface area contributed by atoms with Crippen LogP contribution in [0.4, 0.5) is 4.79 Å². The van der Waals surface area contributed by atoms with E-state index in [2.05, 4.69) is 41.9 Å². The fourth-order valence-electron chi connectivity index (χ4n) is 2.73. The summed E-state index contributed by atoms with van der Waals surface area (Å²) in [5.41, 5.74) is 1.92. The molecule has 4 heteroatoms. The Labute approximate surface area is 129 Å². The number of fused-ring (bicyclic) bond motifs is 1. The Morgan fingerprint density at radius 2 is 2.00 bits per heavy atom. The molecular formula is C16H22BrNO2. The molecule has 0 saturated heterocycles. The van der Waals surface area contributed by atoms with E-state index in [4.69, 9.17) is 4.74 Å². The lowest BCUT2D eigenvalue weighted by Gasteiger charge is -2.40. The van der Waals surface area contributed by atoms with E-state index in [1.807, 2.05) is 26.8 Å². The molecule has 0 fully saturated rings. The molecule has 1 aliphatic rings. The lowest BCUT2D eigenvalue weighted by molar-refractivity contribution is 0.0173. The van der Waals surface area contributed by atoms with Gasteiger partial charge in [-0.25, -0.2) is 4.79 Å². The highest BCUT2D eigenvalue weighted by Gasteiger charge is 2.36. The molecule has 3 nitrogen and oxygen atoms in total. The van der Waals surface area contributed by atoms with Crippen molar-refractivity contribution >= 4 is 22.0 Å². The van der Waals surface area contributed by atoms with Crippen molar-refractivity contribution in [2.75, 3.05) is 6.54 Å². The van der Waals surface area contributed by atoms with E-state index < -0.39 is 5.60 Å². The summed E-state index contributed by atoms with van der Waals surface area (Å²) in [6, 6.07) is 6.15. The highest BCUT2D eigenvalue weighted by molar-refractivity contribution is 9.10. The standard InChI is InChI=1S/C16H22BrNO2/c1-15(2,3)20-14(19)18-9-11-7-6-8-12(17)13(11)16(4,5)10-18/h6-8H,9-10H2,1-5H3. The molecule has 1 heterocycles. The average Bonchev–Trinajstić information content (AvgIpc) is 2.24. The zero-order chi connectivity index (χ0) is 15.1. The highest BCUT2D eigenvalue weighted by Crippen LogP contribution is 2.38. The molecule has 1 aliphatic heterocycles. The van der Waals surface area contributed by atoms with Gasteiger partial charge in [0.25, 0.3) is 0 Å². The first-order valence-electron chi connectivity index (χ1n) is 6.86. The minimum atomic E-state index is -0.460. The third kappa shape index (κ3) is 3.17. The first kappa shape index (κ1) is 15.4. The number of nitrogens with zero attached hydrogens (tertiary/aromatic N) is 1. The third-order valence-electron chi connectivity index (χ3n) is 3.38. The summed E-state index contributed by atoms with van der Waals surface area (Å²) in [5.74, 6) is 0. The number of carbonyl (C=O) groups excluding carboxylic acids is 1. The fourth-order valence-corrected chi connectivity index (χ4v) is 3.68. The van der Waals surface area contributed by atoms with E-state index in [-0.39, 0.29) is 11.5 Å². The van der Waals surface area contributed by atoms with Crippen LogP contribution in [-0.2, 0) is 16.7 Å². The normalized spacial score (nSPS) is 17.6. The minimum Gasteiger partial charge on any atom is -0.444 e. The Morgan fingerprint density at radius 3 is 2.60 bits per heavy atom. The molecule has 0 unspecified atom stereocenters. The van der Waals surface area contributed by atoms with E-state index in [0.717, 1.165) is 4.47 Å². The van der Waals surface area contributed by atoms with Crippen molar-refractivity contribution < 1.29 is 9.53 Å². The molecule has 0 N–H and O–H groups in total. The second kappa shape index (κ2) is 5.06. The molecule has 0 saturated carbocycles. The Bertz CT molecular complexity index is 532. The molecule has 1 amide bonds. The number of ether oxygens (including phenoxy) is 1. The van der Waals surface area contributed by atoms with Gasteiger partial charge in [0.1, 0.15) is 5.60 Å². The van der Waals surface area contributed by atoms with Gasteiger partial charge in [-0.1, -0.05) is 41.9 Å². The molecule has 0 radical (unpaired) electrons. The molecule has 20 heavy (non-hydrogen) atoms. The summed E-state index contributed by atoms with van der Waals surface area (Å²) in [6.07, 6.45) is -0.240. The third-order valence-corrected chi connectivity index (χ3v) is 4.04. The summed E-state index contributed by atoms with van der Waals surface area (Å²) < 4.78 is 6.61. The summed E-state index contributed by atoms with van der Waals surface area (Å²) in [4.78, 5) is 14.1. The zero-order valence-corrected chi connectivity index (χ0v) is 14.4. The van der Waals surface area contributed by atoms with Crippen LogP contribution in [0.3, 0.4) is 0 Å². The maximum Gasteiger partial charge on any atom is 0.410 e. The van der Waals surface area contributed by atoms with Crippen LogP contribution >= 0.6 is 15.9 Å². The van der Waals surface area contributed by atoms with Crippen LogP contribution in [0.5, 0.6) is 0 Å². The van der Waals surface area contributed by atoms with Crippen LogP contribution in [0, 0.1) is 0 Å². The van der Waals surface area contributed by atoms with Crippen molar-refractivity contribution in [1.29, 1.82) is 0 Å². The van der Waals surface area contributed by atoms with E-state index >= 15 is 0 Å². The quantitative estimate of drug-likeness (QED) is 0.697. The van der Waals surface area contributed by atoms with Crippen LogP contribution < -0.4 is 0 Å². The summed E-state index contributed by atoms with van der Waals surface area (Å²) >= 11 is 3.63. The van der Waals surface area contributed by atoms with Crippen molar-refractivity contribution in [3.63, 3.8) is 0 Å². The van der Waals surface area contributed by atoms with Crippen LogP contribution in [0.2, 0.25) is 0 Å². The van der Waals surface area contributed by atoms with Gasteiger partial charge in [0.2, 0.25) is 0 Å². The number of amides is 1. The Morgan fingerprint density at radius 1 is 1.35 bits per heavy atom. The van der Waals surface area contributed by atoms with Crippen molar-refractivity contribution in [2.45, 2.75) is 52.2 Å². The molecule has 1 aromatic carbocycles. The number of hydrogen-bond acceptors (Lipinski definition) is 2. The van der Waals surface area contributed by atoms with Crippen molar-refractivity contribution in [3.8, 4) is 0 Å². The molecular weight excluding hydrogens is 318 g/mol. The number of hydrogen-bond donors (Lipinski definition) is 0. The Kier molecular flexibility index (Phi) is 3.89. The van der Waals surface area contributed by atoms with E-state index in [1.54, 1.807) is 4.90 Å². The van der Waals surface area contributed by atoms with Gasteiger partial charge in [0, 0.05) is 23.0 Å². The molecule has 0 bridgehead atoms.